The summed E-state index contributed by atoms with van der Waals surface area (Å²) in [6.45, 7) is 1.32. The molecule has 3 atom stereocenters. The molecular weight excluding hydrogens is 292 g/mol. The van der Waals surface area contributed by atoms with E-state index in [1.165, 1.54) is 18.7 Å². The summed E-state index contributed by atoms with van der Waals surface area (Å²) >= 11 is 1.46. The van der Waals surface area contributed by atoms with Crippen molar-refractivity contribution in [2.45, 2.75) is 25.1 Å². The fourth-order valence-electron chi connectivity index (χ4n) is 1.88. The highest BCUT2D eigenvalue weighted by Gasteiger charge is 2.31. The second-order valence-electron chi connectivity index (χ2n) is 4.69. The number of thioether (sulfide) groups is 1. The van der Waals surface area contributed by atoms with Crippen molar-refractivity contribution in [3.8, 4) is 0 Å². The van der Waals surface area contributed by atoms with Gasteiger partial charge in [0.25, 0.3) is 0 Å². The topological polar surface area (TPSA) is 99.0 Å². The van der Waals surface area contributed by atoms with Gasteiger partial charge >= 0.3 is 5.97 Å². The highest BCUT2D eigenvalue weighted by Crippen LogP contribution is 2.23. The molecular formula is C14H16N2O4S. The van der Waals surface area contributed by atoms with E-state index in [0.717, 1.165) is 10.6 Å². The number of aliphatic hydroxyl groups excluding tert-OH is 1. The number of aliphatic hydroxyl groups is 1. The van der Waals surface area contributed by atoms with E-state index in [1.807, 2.05) is 30.3 Å². The van der Waals surface area contributed by atoms with Gasteiger partial charge < -0.3 is 15.5 Å². The average Bonchev–Trinajstić information content (AvgIpc) is 2.94. The summed E-state index contributed by atoms with van der Waals surface area (Å²) in [7, 11) is 0. The van der Waals surface area contributed by atoms with Crippen molar-refractivity contribution in [2.75, 3.05) is 5.75 Å². The van der Waals surface area contributed by atoms with Crippen molar-refractivity contribution in [1.82, 2.24) is 5.32 Å². The van der Waals surface area contributed by atoms with E-state index in [1.54, 1.807) is 0 Å². The molecule has 0 spiro atoms. The summed E-state index contributed by atoms with van der Waals surface area (Å²) in [5, 5.41) is 21.4. The Balaban J connectivity index is 2.05. The Kier molecular flexibility index (Phi) is 4.98. The fourth-order valence-corrected chi connectivity index (χ4v) is 2.93. The zero-order valence-electron chi connectivity index (χ0n) is 11.4. The number of carbonyl (C=O) groups excluding carboxylic acids is 1. The second-order valence-corrected chi connectivity index (χ2v) is 5.70. The molecule has 21 heavy (non-hydrogen) atoms. The standard InChI is InChI=1S/C14H16N2O4S/c1-8(17)11(14(19)20)16-12(18)10-7-21-13(15-10)9-5-3-2-4-6-9/h2-6,8,10-11,17H,7H2,1H3,(H,16,18)(H,19,20)/t8-,10?,11+/m1/s1. The zero-order valence-corrected chi connectivity index (χ0v) is 12.2. The van der Waals surface area contributed by atoms with Gasteiger partial charge in [-0.05, 0) is 6.92 Å². The van der Waals surface area contributed by atoms with Gasteiger partial charge in [-0.3, -0.25) is 9.79 Å². The monoisotopic (exact) mass is 308 g/mol. The Labute approximate surface area is 126 Å². The van der Waals surface area contributed by atoms with Crippen molar-refractivity contribution in [2.24, 2.45) is 4.99 Å². The van der Waals surface area contributed by atoms with Crippen LogP contribution in [-0.2, 0) is 9.59 Å². The highest BCUT2D eigenvalue weighted by atomic mass is 32.2. The van der Waals surface area contributed by atoms with E-state index in [0.29, 0.717) is 5.75 Å². The first kappa shape index (κ1) is 15.5. The number of aliphatic carboxylic acids is 1. The molecule has 1 amide bonds. The maximum absolute atomic E-state index is 12.0. The van der Waals surface area contributed by atoms with Crippen molar-refractivity contribution in [1.29, 1.82) is 0 Å². The molecule has 112 valence electrons. The number of hydrogen-bond acceptors (Lipinski definition) is 5. The number of hydrogen-bond donors (Lipinski definition) is 3. The summed E-state index contributed by atoms with van der Waals surface area (Å²) in [5.74, 6) is -1.29. The third kappa shape index (κ3) is 3.83. The number of rotatable bonds is 5. The number of amides is 1. The van der Waals surface area contributed by atoms with Crippen LogP contribution in [0.5, 0.6) is 0 Å². The largest absolute Gasteiger partial charge is 0.480 e. The predicted molar refractivity (Wildman–Crippen MR) is 80.5 cm³/mol. The van der Waals surface area contributed by atoms with Gasteiger partial charge in [-0.1, -0.05) is 30.3 Å². The average molecular weight is 308 g/mol. The van der Waals surface area contributed by atoms with E-state index < -0.39 is 30.1 Å². The van der Waals surface area contributed by atoms with Crippen LogP contribution in [0.4, 0.5) is 0 Å². The smallest absolute Gasteiger partial charge is 0.328 e. The summed E-state index contributed by atoms with van der Waals surface area (Å²) in [6, 6.07) is 7.53. The molecule has 1 aliphatic rings. The lowest BCUT2D eigenvalue weighted by atomic mass is 10.1. The van der Waals surface area contributed by atoms with E-state index in [4.69, 9.17) is 5.11 Å². The molecule has 1 aliphatic heterocycles. The Morgan fingerprint density at radius 2 is 2.05 bits per heavy atom. The maximum atomic E-state index is 12.0. The first-order chi connectivity index (χ1) is 9.99. The van der Waals surface area contributed by atoms with Crippen LogP contribution in [0.1, 0.15) is 12.5 Å². The predicted octanol–water partition coefficient (Wildman–Crippen LogP) is 0.499. The van der Waals surface area contributed by atoms with Gasteiger partial charge in [0, 0.05) is 11.3 Å². The molecule has 0 fully saturated rings. The summed E-state index contributed by atoms with van der Waals surface area (Å²) in [6.07, 6.45) is -1.17. The Hall–Kier alpha value is -1.86. The number of nitrogens with one attached hydrogen (secondary N) is 1. The first-order valence-corrected chi connectivity index (χ1v) is 7.45. The molecule has 7 heteroatoms. The van der Waals surface area contributed by atoms with Crippen LogP contribution in [0, 0.1) is 0 Å². The van der Waals surface area contributed by atoms with Gasteiger partial charge in [0.05, 0.1) is 11.1 Å². The van der Waals surface area contributed by atoms with Crippen molar-refractivity contribution in [3.63, 3.8) is 0 Å². The van der Waals surface area contributed by atoms with Crippen LogP contribution in [-0.4, -0.2) is 51.1 Å². The SMILES string of the molecule is C[C@@H](O)[C@H](NC(=O)C1CSC(c2ccccc2)=N1)C(=O)O. The molecule has 1 aromatic rings. The minimum atomic E-state index is -1.32. The fraction of sp³-hybridized carbons (Fsp3) is 0.357. The van der Waals surface area contributed by atoms with E-state index in [9.17, 15) is 14.7 Å². The molecule has 1 heterocycles. The second kappa shape index (κ2) is 6.73. The van der Waals surface area contributed by atoms with Crippen LogP contribution in [0.2, 0.25) is 0 Å². The van der Waals surface area contributed by atoms with Gasteiger partial charge in [-0.15, -0.1) is 11.8 Å². The summed E-state index contributed by atoms with van der Waals surface area (Å²) in [4.78, 5) is 27.3. The number of carbonyl (C=O) groups is 2. The number of carboxylic acids is 1. The molecule has 0 bridgehead atoms. The van der Waals surface area contributed by atoms with Crippen LogP contribution < -0.4 is 5.32 Å². The van der Waals surface area contributed by atoms with E-state index in [2.05, 4.69) is 10.3 Å². The van der Waals surface area contributed by atoms with Gasteiger partial charge in [0.15, 0.2) is 6.04 Å². The number of aliphatic imine (C=N–C) groups is 1. The molecule has 3 N–H and O–H groups in total. The lowest BCUT2D eigenvalue weighted by Crippen LogP contribution is -2.50. The van der Waals surface area contributed by atoms with Crippen LogP contribution in [0.25, 0.3) is 0 Å². The zero-order chi connectivity index (χ0) is 15.4. The molecule has 0 saturated carbocycles. The van der Waals surface area contributed by atoms with Crippen LogP contribution >= 0.6 is 11.8 Å². The highest BCUT2D eigenvalue weighted by molar-refractivity contribution is 8.14. The van der Waals surface area contributed by atoms with E-state index in [-0.39, 0.29) is 0 Å². The van der Waals surface area contributed by atoms with E-state index >= 15 is 0 Å². The van der Waals surface area contributed by atoms with Crippen LogP contribution in [0.15, 0.2) is 35.3 Å². The summed E-state index contributed by atoms with van der Waals surface area (Å²) < 4.78 is 0. The molecule has 1 aromatic carbocycles. The molecule has 6 nitrogen and oxygen atoms in total. The van der Waals surface area contributed by atoms with Gasteiger partial charge in [-0.2, -0.15) is 0 Å². The third-order valence-electron chi connectivity index (χ3n) is 3.02. The van der Waals surface area contributed by atoms with Gasteiger partial charge in [0.2, 0.25) is 5.91 Å². The van der Waals surface area contributed by atoms with Crippen molar-refractivity contribution < 1.29 is 19.8 Å². The Morgan fingerprint density at radius 3 is 2.62 bits per heavy atom. The molecule has 1 unspecified atom stereocenters. The molecule has 0 radical (unpaired) electrons. The lowest BCUT2D eigenvalue weighted by molar-refractivity contribution is -0.144. The molecule has 2 rings (SSSR count). The third-order valence-corrected chi connectivity index (χ3v) is 4.12. The number of nitrogens with zero attached hydrogens (tertiary/aromatic N) is 1. The Bertz CT molecular complexity index is 559. The molecule has 0 aromatic heterocycles. The van der Waals surface area contributed by atoms with Gasteiger partial charge in [0.1, 0.15) is 6.04 Å². The number of carboxylic acid groups (broad SMARTS) is 1. The quantitative estimate of drug-likeness (QED) is 0.735. The minimum Gasteiger partial charge on any atom is -0.480 e. The molecule has 0 saturated heterocycles. The van der Waals surface area contributed by atoms with Crippen molar-refractivity contribution in [3.05, 3.63) is 35.9 Å². The Morgan fingerprint density at radius 1 is 1.38 bits per heavy atom. The minimum absolute atomic E-state index is 0.461. The lowest BCUT2D eigenvalue weighted by Gasteiger charge is -2.18. The maximum Gasteiger partial charge on any atom is 0.328 e. The number of benzene rings is 1. The normalized spacial score (nSPS) is 20.5. The molecule has 0 aliphatic carbocycles. The van der Waals surface area contributed by atoms with Crippen LogP contribution in [0.3, 0.4) is 0 Å². The van der Waals surface area contributed by atoms with Gasteiger partial charge in [-0.25, -0.2) is 4.79 Å². The summed E-state index contributed by atoms with van der Waals surface area (Å²) in [5.41, 5.74) is 0.933. The first-order valence-electron chi connectivity index (χ1n) is 6.46. The van der Waals surface area contributed by atoms with Crippen molar-refractivity contribution >= 4 is 28.7 Å².